The van der Waals surface area contributed by atoms with Crippen LogP contribution in [0.1, 0.15) is 17.9 Å². The summed E-state index contributed by atoms with van der Waals surface area (Å²) in [5.41, 5.74) is 13.7. The van der Waals surface area contributed by atoms with Crippen molar-refractivity contribution in [3.63, 3.8) is 0 Å². The summed E-state index contributed by atoms with van der Waals surface area (Å²) in [6.07, 6.45) is 8.08. The van der Waals surface area contributed by atoms with E-state index >= 15 is 0 Å². The van der Waals surface area contributed by atoms with Gasteiger partial charge in [-0.1, -0.05) is 152 Å². The Morgan fingerprint density at radius 3 is 1.26 bits per heavy atom. The van der Waals surface area contributed by atoms with Crippen molar-refractivity contribution in [1.82, 2.24) is 9.13 Å². The summed E-state index contributed by atoms with van der Waals surface area (Å²) in [5, 5.41) is 10.2. The Morgan fingerprint density at radius 1 is 0.362 bits per heavy atom. The van der Waals surface area contributed by atoms with Gasteiger partial charge in [-0.15, -0.1) is 0 Å². The molecule has 1 atom stereocenters. The molecule has 0 spiro atoms. The van der Waals surface area contributed by atoms with Crippen molar-refractivity contribution in [1.29, 1.82) is 0 Å². The van der Waals surface area contributed by atoms with Crippen LogP contribution in [0, 0.1) is 0 Å². The van der Waals surface area contributed by atoms with Gasteiger partial charge in [0.15, 0.2) is 0 Å². The number of rotatable bonds is 5. The highest BCUT2D eigenvalue weighted by Crippen LogP contribution is 2.38. The van der Waals surface area contributed by atoms with Crippen molar-refractivity contribution in [2.24, 2.45) is 0 Å². The van der Waals surface area contributed by atoms with Gasteiger partial charge in [0.05, 0.1) is 22.1 Å². The number of benzene rings is 9. The number of nitrogens with zero attached hydrogens (tertiary/aromatic N) is 2. The predicted octanol–water partition coefficient (Wildman–Crippen LogP) is 15.1. The van der Waals surface area contributed by atoms with E-state index in [2.05, 4.69) is 221 Å². The minimum absolute atomic E-state index is 0.351. The molecule has 0 amide bonds. The molecule has 0 fully saturated rings. The molecule has 272 valence electrons. The molecule has 1 aliphatic carbocycles. The number of hydrogen-bond donors (Lipinski definition) is 0. The van der Waals surface area contributed by atoms with Gasteiger partial charge in [0.2, 0.25) is 0 Å². The molecule has 0 N–H and O–H groups in total. The zero-order chi connectivity index (χ0) is 38.2. The standard InChI is InChI=1S/C56H38N2/c1-5-13-53-49(9-1)50-10-2-6-14-54(50)57(53)47-29-25-37(26-30-47)39-17-19-43-35-45(23-21-41(43)33-39)46-24-22-42-34-40(18-20-44(42)36-46)38-27-31-48(32-28-38)58-55-15-7-3-11-51(55)52-12-4-8-16-56(52)58/h1-27,29-36,38H,28H2/t38-/m0/s1. The first-order chi connectivity index (χ1) is 28.7. The first-order valence-corrected chi connectivity index (χ1v) is 20.3. The van der Waals surface area contributed by atoms with Gasteiger partial charge < -0.3 is 9.13 Å². The maximum absolute atomic E-state index is 2.41. The van der Waals surface area contributed by atoms with Crippen molar-refractivity contribution in [3.8, 4) is 27.9 Å². The normalized spacial score (nSPS) is 14.3. The molecular weight excluding hydrogens is 701 g/mol. The summed E-state index contributed by atoms with van der Waals surface area (Å²) in [4.78, 5) is 0. The van der Waals surface area contributed by atoms with E-state index in [1.165, 1.54) is 104 Å². The van der Waals surface area contributed by atoms with Gasteiger partial charge in [-0.2, -0.15) is 0 Å². The van der Waals surface area contributed by atoms with Gasteiger partial charge >= 0.3 is 0 Å². The summed E-state index contributed by atoms with van der Waals surface area (Å²) in [6.45, 7) is 0. The van der Waals surface area contributed by atoms with Crippen LogP contribution in [0.4, 0.5) is 0 Å². The van der Waals surface area contributed by atoms with Crippen LogP contribution in [-0.4, -0.2) is 9.13 Å². The van der Waals surface area contributed by atoms with Crippen LogP contribution in [0.25, 0.3) is 98.8 Å². The van der Waals surface area contributed by atoms with Gasteiger partial charge in [-0.05, 0) is 116 Å². The van der Waals surface area contributed by atoms with Crippen molar-refractivity contribution < 1.29 is 0 Å². The third kappa shape index (κ3) is 5.26. The van der Waals surface area contributed by atoms with Crippen LogP contribution in [0.15, 0.2) is 212 Å². The van der Waals surface area contributed by atoms with Crippen LogP contribution in [0.2, 0.25) is 0 Å². The molecule has 2 nitrogen and oxygen atoms in total. The van der Waals surface area contributed by atoms with Crippen molar-refractivity contribution in [3.05, 3.63) is 218 Å². The molecular formula is C56H38N2. The number of fused-ring (bicyclic) bond motifs is 8. The third-order valence-corrected chi connectivity index (χ3v) is 12.4. The Balaban J connectivity index is 0.789. The van der Waals surface area contributed by atoms with E-state index in [0.29, 0.717) is 5.92 Å². The Labute approximate surface area is 336 Å². The molecule has 0 bridgehead atoms. The maximum atomic E-state index is 2.41. The molecule has 2 heterocycles. The second kappa shape index (κ2) is 13.1. The summed E-state index contributed by atoms with van der Waals surface area (Å²) >= 11 is 0. The summed E-state index contributed by atoms with van der Waals surface area (Å²) in [6, 6.07) is 71.4. The fourth-order valence-electron chi connectivity index (χ4n) is 9.51. The number of para-hydroxylation sites is 4. The van der Waals surface area contributed by atoms with Crippen LogP contribution in [0.5, 0.6) is 0 Å². The van der Waals surface area contributed by atoms with E-state index in [-0.39, 0.29) is 0 Å². The summed E-state index contributed by atoms with van der Waals surface area (Å²) in [5.74, 6) is 0.351. The quantitative estimate of drug-likeness (QED) is 0.166. The lowest BCUT2D eigenvalue weighted by Gasteiger charge is -2.19. The first-order valence-electron chi connectivity index (χ1n) is 20.3. The molecule has 0 unspecified atom stereocenters. The van der Waals surface area contributed by atoms with Crippen LogP contribution in [0.3, 0.4) is 0 Å². The molecule has 1 aliphatic rings. The van der Waals surface area contributed by atoms with Gasteiger partial charge in [0.25, 0.3) is 0 Å². The molecule has 2 aromatic heterocycles. The van der Waals surface area contributed by atoms with Gasteiger partial charge in [0.1, 0.15) is 0 Å². The Hall–Kier alpha value is -7.42. The van der Waals surface area contributed by atoms with Crippen molar-refractivity contribution in [2.75, 3.05) is 0 Å². The van der Waals surface area contributed by atoms with E-state index in [1.807, 2.05) is 0 Å². The van der Waals surface area contributed by atoms with Gasteiger partial charge in [-0.25, -0.2) is 0 Å². The largest absolute Gasteiger partial charge is 0.310 e. The van der Waals surface area contributed by atoms with E-state index < -0.39 is 0 Å². The van der Waals surface area contributed by atoms with Crippen molar-refractivity contribution >= 4 is 70.9 Å². The van der Waals surface area contributed by atoms with Crippen LogP contribution >= 0.6 is 0 Å². The number of hydrogen-bond acceptors (Lipinski definition) is 0. The lowest BCUT2D eigenvalue weighted by atomic mass is 9.89. The molecule has 0 saturated heterocycles. The topological polar surface area (TPSA) is 9.86 Å². The molecule has 58 heavy (non-hydrogen) atoms. The molecule has 11 aromatic rings. The zero-order valence-electron chi connectivity index (χ0n) is 31.9. The molecule has 2 heteroatoms. The molecule has 0 aliphatic heterocycles. The van der Waals surface area contributed by atoms with Crippen molar-refractivity contribution in [2.45, 2.75) is 12.3 Å². The van der Waals surface area contributed by atoms with Gasteiger partial charge in [0, 0.05) is 38.8 Å². The zero-order valence-corrected chi connectivity index (χ0v) is 31.9. The average molecular weight is 739 g/mol. The second-order valence-electron chi connectivity index (χ2n) is 15.7. The van der Waals surface area contributed by atoms with E-state index in [0.717, 1.165) is 6.42 Å². The Morgan fingerprint density at radius 2 is 0.776 bits per heavy atom. The lowest BCUT2D eigenvalue weighted by molar-refractivity contribution is 0.852. The fraction of sp³-hybridized carbons (Fsp3) is 0.0357. The lowest BCUT2D eigenvalue weighted by Crippen LogP contribution is -2.02. The average Bonchev–Trinajstić information content (AvgIpc) is 3.82. The summed E-state index contributed by atoms with van der Waals surface area (Å²) in [7, 11) is 0. The minimum atomic E-state index is 0.351. The van der Waals surface area contributed by atoms with E-state index in [4.69, 9.17) is 0 Å². The molecule has 0 radical (unpaired) electrons. The molecule has 9 aromatic carbocycles. The Kier molecular flexibility index (Phi) is 7.39. The minimum Gasteiger partial charge on any atom is -0.310 e. The van der Waals surface area contributed by atoms with Crippen LogP contribution in [-0.2, 0) is 0 Å². The monoisotopic (exact) mass is 738 g/mol. The van der Waals surface area contributed by atoms with E-state index in [9.17, 15) is 0 Å². The first kappa shape index (κ1) is 32.8. The fourth-order valence-corrected chi connectivity index (χ4v) is 9.51. The van der Waals surface area contributed by atoms with Gasteiger partial charge in [-0.3, -0.25) is 0 Å². The highest BCUT2D eigenvalue weighted by molar-refractivity contribution is 6.11. The predicted molar refractivity (Wildman–Crippen MR) is 247 cm³/mol. The summed E-state index contributed by atoms with van der Waals surface area (Å²) < 4.78 is 4.79. The number of aromatic nitrogens is 2. The second-order valence-corrected chi connectivity index (χ2v) is 15.7. The van der Waals surface area contributed by atoms with Crippen LogP contribution < -0.4 is 0 Å². The maximum Gasteiger partial charge on any atom is 0.0541 e. The SMILES string of the molecule is C1=C[C@H](c2ccc3cc(-c4ccc5cc(-c6ccc(-n7c8ccccc8c8ccccc87)cc6)ccc5c4)ccc3c2)CC=C1n1c2ccccc2c2ccccc21. The highest BCUT2D eigenvalue weighted by atomic mass is 15.0. The number of allylic oxidation sites excluding steroid dienone is 4. The molecule has 12 rings (SSSR count). The third-order valence-electron chi connectivity index (χ3n) is 12.4. The van der Waals surface area contributed by atoms with E-state index in [1.54, 1.807) is 0 Å². The molecule has 0 saturated carbocycles. The smallest absolute Gasteiger partial charge is 0.0541 e. The Bertz CT molecular complexity index is 3370. The highest BCUT2D eigenvalue weighted by Gasteiger charge is 2.17.